The molecule has 2 aliphatic rings. The van der Waals surface area contributed by atoms with Gasteiger partial charge in [0.15, 0.2) is 9.84 Å². The van der Waals surface area contributed by atoms with Crippen molar-refractivity contribution in [3.63, 3.8) is 0 Å². The first kappa shape index (κ1) is 19.1. The molecule has 8 heteroatoms. The molecule has 136 valence electrons. The van der Waals surface area contributed by atoms with E-state index in [9.17, 15) is 16.8 Å². The molecule has 1 aliphatic carbocycles. The SMILES string of the molecule is CCCCN(CCCC)S(=O)(=O)N(C1CC1)C1CCS(=O)(=O)C1. The Labute approximate surface area is 141 Å². The van der Waals surface area contributed by atoms with E-state index in [4.69, 9.17) is 0 Å². The van der Waals surface area contributed by atoms with Crippen LogP contribution in [0.1, 0.15) is 58.8 Å². The molecule has 0 spiro atoms. The van der Waals surface area contributed by atoms with Crippen LogP contribution in [-0.4, -0.2) is 62.1 Å². The Morgan fingerprint density at radius 2 is 1.52 bits per heavy atom. The quantitative estimate of drug-likeness (QED) is 0.591. The third-order valence-electron chi connectivity index (χ3n) is 4.59. The molecule has 0 radical (unpaired) electrons. The Bertz CT molecular complexity index is 577. The summed E-state index contributed by atoms with van der Waals surface area (Å²) in [5, 5.41) is 0. The van der Waals surface area contributed by atoms with Gasteiger partial charge in [0, 0.05) is 25.2 Å². The van der Waals surface area contributed by atoms with Crippen molar-refractivity contribution in [2.75, 3.05) is 24.6 Å². The lowest BCUT2D eigenvalue weighted by Gasteiger charge is -2.33. The zero-order valence-corrected chi connectivity index (χ0v) is 15.9. The molecule has 0 aromatic rings. The average molecular weight is 367 g/mol. The molecule has 2 fully saturated rings. The van der Waals surface area contributed by atoms with Gasteiger partial charge in [-0.15, -0.1) is 0 Å². The molecule has 0 amide bonds. The second-order valence-corrected chi connectivity index (χ2v) is 10.8. The Hall–Kier alpha value is -0.180. The Morgan fingerprint density at radius 1 is 0.957 bits per heavy atom. The van der Waals surface area contributed by atoms with Crippen LogP contribution in [0.15, 0.2) is 0 Å². The molecule has 1 aliphatic heterocycles. The molecule has 0 N–H and O–H groups in total. The van der Waals surface area contributed by atoms with Crippen LogP contribution < -0.4 is 0 Å². The summed E-state index contributed by atoms with van der Waals surface area (Å²) in [7, 11) is -6.67. The number of sulfone groups is 1. The molecule has 0 aromatic heterocycles. The molecular weight excluding hydrogens is 336 g/mol. The summed E-state index contributed by atoms with van der Waals surface area (Å²) in [6.45, 7) is 5.16. The molecule has 1 saturated heterocycles. The topological polar surface area (TPSA) is 74.8 Å². The first-order chi connectivity index (χ1) is 10.8. The number of hydrogen-bond donors (Lipinski definition) is 0. The average Bonchev–Trinajstić information content (AvgIpc) is 3.22. The van der Waals surface area contributed by atoms with Crippen LogP contribution in [0.5, 0.6) is 0 Å². The maximum atomic E-state index is 13.2. The molecule has 0 aromatic carbocycles. The van der Waals surface area contributed by atoms with Gasteiger partial charge in [0.1, 0.15) is 0 Å². The smallest absolute Gasteiger partial charge is 0.229 e. The van der Waals surface area contributed by atoms with Gasteiger partial charge in [-0.25, -0.2) is 8.42 Å². The fourth-order valence-corrected chi connectivity index (χ4v) is 7.06. The zero-order valence-electron chi connectivity index (χ0n) is 14.3. The van der Waals surface area contributed by atoms with Crippen molar-refractivity contribution >= 4 is 20.0 Å². The highest BCUT2D eigenvalue weighted by Gasteiger charge is 2.47. The molecule has 2 rings (SSSR count). The minimum Gasteiger partial charge on any atom is -0.229 e. The lowest BCUT2D eigenvalue weighted by molar-refractivity contribution is 0.285. The summed E-state index contributed by atoms with van der Waals surface area (Å²) in [6.07, 6.45) is 5.71. The van der Waals surface area contributed by atoms with Crippen molar-refractivity contribution < 1.29 is 16.8 Å². The van der Waals surface area contributed by atoms with Crippen LogP contribution in [-0.2, 0) is 20.0 Å². The minimum absolute atomic E-state index is 0.00375. The van der Waals surface area contributed by atoms with Crippen molar-refractivity contribution in [1.82, 2.24) is 8.61 Å². The first-order valence-corrected chi connectivity index (χ1v) is 12.0. The Morgan fingerprint density at radius 3 is 1.91 bits per heavy atom. The van der Waals surface area contributed by atoms with Gasteiger partial charge in [-0.05, 0) is 32.1 Å². The molecule has 1 unspecified atom stereocenters. The van der Waals surface area contributed by atoms with Crippen LogP contribution in [0, 0.1) is 0 Å². The number of hydrogen-bond acceptors (Lipinski definition) is 4. The predicted molar refractivity (Wildman–Crippen MR) is 92.2 cm³/mol. The molecule has 1 heterocycles. The van der Waals surface area contributed by atoms with Crippen molar-refractivity contribution in [2.45, 2.75) is 70.9 Å². The summed E-state index contributed by atoms with van der Waals surface area (Å²) in [4.78, 5) is 0. The predicted octanol–water partition coefficient (Wildman–Crippen LogP) is 1.78. The Balaban J connectivity index is 2.20. The van der Waals surface area contributed by atoms with E-state index in [2.05, 4.69) is 0 Å². The molecule has 23 heavy (non-hydrogen) atoms. The third kappa shape index (κ3) is 4.90. The highest BCUT2D eigenvalue weighted by atomic mass is 32.2. The van der Waals surface area contributed by atoms with Crippen LogP contribution in [0.25, 0.3) is 0 Å². The number of unbranched alkanes of at least 4 members (excludes halogenated alkanes) is 2. The normalized spacial score (nSPS) is 24.6. The summed E-state index contributed by atoms with van der Waals surface area (Å²) >= 11 is 0. The summed E-state index contributed by atoms with van der Waals surface area (Å²) in [5.41, 5.74) is 0. The van der Waals surface area contributed by atoms with Gasteiger partial charge in [-0.3, -0.25) is 0 Å². The van der Waals surface area contributed by atoms with Gasteiger partial charge in [0.2, 0.25) is 0 Å². The molecule has 6 nitrogen and oxygen atoms in total. The Kier molecular flexibility index (Phi) is 6.49. The van der Waals surface area contributed by atoms with Gasteiger partial charge in [-0.1, -0.05) is 26.7 Å². The van der Waals surface area contributed by atoms with Crippen LogP contribution in [0.3, 0.4) is 0 Å². The van der Waals surface area contributed by atoms with Gasteiger partial charge in [0.05, 0.1) is 11.5 Å². The van der Waals surface area contributed by atoms with Crippen molar-refractivity contribution in [1.29, 1.82) is 0 Å². The highest BCUT2D eigenvalue weighted by Crippen LogP contribution is 2.35. The molecule has 0 bridgehead atoms. The van der Waals surface area contributed by atoms with Gasteiger partial charge in [-0.2, -0.15) is 17.0 Å². The molecular formula is C15H30N2O4S2. The number of nitrogens with zero attached hydrogens (tertiary/aromatic N) is 2. The van der Waals surface area contributed by atoms with E-state index in [0.29, 0.717) is 19.5 Å². The fraction of sp³-hybridized carbons (Fsp3) is 1.00. The van der Waals surface area contributed by atoms with Gasteiger partial charge < -0.3 is 0 Å². The molecule has 1 atom stereocenters. The van der Waals surface area contributed by atoms with E-state index in [-0.39, 0.29) is 23.6 Å². The van der Waals surface area contributed by atoms with Crippen molar-refractivity contribution in [3.05, 3.63) is 0 Å². The second kappa shape index (κ2) is 7.80. The van der Waals surface area contributed by atoms with Gasteiger partial charge >= 0.3 is 0 Å². The minimum atomic E-state index is -3.58. The summed E-state index contributed by atoms with van der Waals surface area (Å²) in [6, 6.07) is -0.368. The number of rotatable bonds is 10. The monoisotopic (exact) mass is 366 g/mol. The largest absolute Gasteiger partial charge is 0.282 e. The van der Waals surface area contributed by atoms with E-state index < -0.39 is 20.0 Å². The standard InChI is InChI=1S/C15H30N2O4S2/c1-3-5-10-16(11-6-4-2)23(20,21)17(14-7-8-14)15-9-12-22(18,19)13-15/h14-15H,3-13H2,1-2H3. The lowest BCUT2D eigenvalue weighted by Crippen LogP contribution is -2.50. The zero-order chi connectivity index (χ0) is 17.1. The van der Waals surface area contributed by atoms with E-state index in [1.165, 1.54) is 0 Å². The summed E-state index contributed by atoms with van der Waals surface area (Å²) < 4.78 is 53.1. The first-order valence-electron chi connectivity index (χ1n) is 8.81. The maximum absolute atomic E-state index is 13.2. The lowest BCUT2D eigenvalue weighted by atomic mass is 10.2. The van der Waals surface area contributed by atoms with E-state index >= 15 is 0 Å². The molecule has 1 saturated carbocycles. The van der Waals surface area contributed by atoms with Crippen LogP contribution in [0.4, 0.5) is 0 Å². The fourth-order valence-electron chi connectivity index (χ4n) is 3.12. The third-order valence-corrected chi connectivity index (χ3v) is 8.49. The van der Waals surface area contributed by atoms with Gasteiger partial charge in [0.25, 0.3) is 10.2 Å². The van der Waals surface area contributed by atoms with E-state index in [0.717, 1.165) is 38.5 Å². The maximum Gasteiger partial charge on any atom is 0.282 e. The van der Waals surface area contributed by atoms with E-state index in [1.807, 2.05) is 13.8 Å². The van der Waals surface area contributed by atoms with Crippen LogP contribution >= 0.6 is 0 Å². The van der Waals surface area contributed by atoms with E-state index in [1.54, 1.807) is 8.61 Å². The van der Waals surface area contributed by atoms with Crippen molar-refractivity contribution in [3.8, 4) is 0 Å². The highest BCUT2D eigenvalue weighted by molar-refractivity contribution is 7.91. The second-order valence-electron chi connectivity index (χ2n) is 6.73. The van der Waals surface area contributed by atoms with Crippen LogP contribution in [0.2, 0.25) is 0 Å². The van der Waals surface area contributed by atoms with Crippen molar-refractivity contribution in [2.24, 2.45) is 0 Å². The summed E-state index contributed by atoms with van der Waals surface area (Å²) in [5.74, 6) is 0.0957.